The Kier molecular flexibility index (Phi) is 2.32. The molecule has 0 aliphatic rings. The molecule has 5 nitrogen and oxygen atoms in total. The Labute approximate surface area is 70.0 Å². The molecule has 0 fully saturated rings. The number of carbonyl (C=O) groups is 1. The lowest BCUT2D eigenvalue weighted by atomic mass is 10.2. The molecule has 1 aromatic heterocycles. The van der Waals surface area contributed by atoms with E-state index in [1.54, 1.807) is 30.9 Å². The third-order valence-corrected chi connectivity index (χ3v) is 1.64. The Hall–Kier alpha value is -1.52. The average molecular weight is 169 g/mol. The second kappa shape index (κ2) is 3.25. The number of carboxylic acid groups (broad SMARTS) is 1. The maximum absolute atomic E-state index is 10.3. The summed E-state index contributed by atoms with van der Waals surface area (Å²) in [7, 11) is 1.77. The molecule has 2 N–H and O–H groups in total. The van der Waals surface area contributed by atoms with Crippen molar-refractivity contribution in [3.05, 3.63) is 18.0 Å². The second-order valence-corrected chi connectivity index (χ2v) is 2.55. The Morgan fingerprint density at radius 1 is 1.83 bits per heavy atom. The fourth-order valence-electron chi connectivity index (χ4n) is 1.07. The van der Waals surface area contributed by atoms with E-state index in [2.05, 4.69) is 10.4 Å². The molecule has 1 heterocycles. The highest BCUT2D eigenvalue weighted by Gasteiger charge is 2.10. The smallest absolute Gasteiger partial charge is 0.405 e. The van der Waals surface area contributed by atoms with Crippen LogP contribution in [0.5, 0.6) is 0 Å². The highest BCUT2D eigenvalue weighted by atomic mass is 16.4. The van der Waals surface area contributed by atoms with Crippen LogP contribution in [0.2, 0.25) is 0 Å². The van der Waals surface area contributed by atoms with Gasteiger partial charge in [0, 0.05) is 13.2 Å². The molecule has 1 atom stereocenters. The largest absolute Gasteiger partial charge is 0.465 e. The zero-order chi connectivity index (χ0) is 9.14. The molecule has 0 aliphatic carbocycles. The number of nitrogens with one attached hydrogen (secondary N) is 1. The van der Waals surface area contributed by atoms with Gasteiger partial charge < -0.3 is 10.4 Å². The summed E-state index contributed by atoms with van der Waals surface area (Å²) >= 11 is 0. The first-order chi connectivity index (χ1) is 5.61. The minimum absolute atomic E-state index is 0.227. The van der Waals surface area contributed by atoms with Gasteiger partial charge in [0.1, 0.15) is 0 Å². The summed E-state index contributed by atoms with van der Waals surface area (Å²) in [6.45, 7) is 1.77. The highest BCUT2D eigenvalue weighted by Crippen LogP contribution is 2.09. The Balaban J connectivity index is 2.71. The zero-order valence-electron chi connectivity index (χ0n) is 6.98. The van der Waals surface area contributed by atoms with Gasteiger partial charge in [-0.15, -0.1) is 0 Å². The number of rotatable bonds is 2. The van der Waals surface area contributed by atoms with Crippen molar-refractivity contribution in [3.8, 4) is 0 Å². The van der Waals surface area contributed by atoms with Crippen LogP contribution in [0.4, 0.5) is 4.79 Å². The van der Waals surface area contributed by atoms with Crippen LogP contribution in [0.3, 0.4) is 0 Å². The fraction of sp³-hybridized carbons (Fsp3) is 0.429. The molecule has 1 unspecified atom stereocenters. The maximum Gasteiger partial charge on any atom is 0.405 e. The molecule has 0 bridgehead atoms. The van der Waals surface area contributed by atoms with Crippen LogP contribution in [0, 0.1) is 0 Å². The molecule has 0 radical (unpaired) electrons. The van der Waals surface area contributed by atoms with Crippen molar-refractivity contribution in [1.82, 2.24) is 15.1 Å². The minimum Gasteiger partial charge on any atom is -0.465 e. The number of amides is 1. The van der Waals surface area contributed by atoms with Gasteiger partial charge in [0.25, 0.3) is 0 Å². The zero-order valence-corrected chi connectivity index (χ0v) is 6.98. The third-order valence-electron chi connectivity index (χ3n) is 1.64. The van der Waals surface area contributed by atoms with Crippen LogP contribution in [0.15, 0.2) is 12.3 Å². The van der Waals surface area contributed by atoms with Crippen LogP contribution in [-0.2, 0) is 7.05 Å². The van der Waals surface area contributed by atoms with E-state index in [4.69, 9.17) is 5.11 Å². The van der Waals surface area contributed by atoms with Gasteiger partial charge in [0.2, 0.25) is 0 Å². The van der Waals surface area contributed by atoms with Gasteiger partial charge in [-0.1, -0.05) is 0 Å². The van der Waals surface area contributed by atoms with Gasteiger partial charge >= 0.3 is 6.09 Å². The standard InChI is InChI=1S/C7H11N3O2/c1-5(9-7(11)12)6-3-4-8-10(6)2/h3-5,9H,1-2H3,(H,11,12). The van der Waals surface area contributed by atoms with E-state index in [1.807, 2.05) is 0 Å². The first kappa shape index (κ1) is 8.58. The molecule has 0 saturated carbocycles. The monoisotopic (exact) mass is 169 g/mol. The predicted octanol–water partition coefficient (Wildman–Crippen LogP) is 0.749. The fourth-order valence-corrected chi connectivity index (χ4v) is 1.07. The molecule has 0 aromatic carbocycles. The van der Waals surface area contributed by atoms with Gasteiger partial charge in [-0.25, -0.2) is 4.79 Å². The Morgan fingerprint density at radius 3 is 2.92 bits per heavy atom. The molecule has 1 amide bonds. The van der Waals surface area contributed by atoms with Crippen molar-refractivity contribution in [2.75, 3.05) is 0 Å². The van der Waals surface area contributed by atoms with Crippen LogP contribution in [0.1, 0.15) is 18.7 Å². The summed E-state index contributed by atoms with van der Waals surface area (Å²) < 4.78 is 1.64. The quantitative estimate of drug-likeness (QED) is 0.686. The van der Waals surface area contributed by atoms with Crippen LogP contribution in [-0.4, -0.2) is 21.0 Å². The summed E-state index contributed by atoms with van der Waals surface area (Å²) in [5, 5.41) is 14.7. The third kappa shape index (κ3) is 1.75. The van der Waals surface area contributed by atoms with E-state index in [0.717, 1.165) is 5.69 Å². The number of hydrogen-bond acceptors (Lipinski definition) is 2. The van der Waals surface area contributed by atoms with E-state index in [9.17, 15) is 4.79 Å². The first-order valence-electron chi connectivity index (χ1n) is 3.58. The van der Waals surface area contributed by atoms with Gasteiger partial charge in [-0.05, 0) is 13.0 Å². The SMILES string of the molecule is CC(NC(=O)O)c1ccnn1C. The van der Waals surface area contributed by atoms with Crippen molar-refractivity contribution in [1.29, 1.82) is 0 Å². The van der Waals surface area contributed by atoms with E-state index in [1.165, 1.54) is 0 Å². The molecular formula is C7H11N3O2. The molecule has 5 heteroatoms. The van der Waals surface area contributed by atoms with E-state index in [-0.39, 0.29) is 6.04 Å². The van der Waals surface area contributed by atoms with Crippen LogP contribution >= 0.6 is 0 Å². The lowest BCUT2D eigenvalue weighted by Gasteiger charge is -2.10. The topological polar surface area (TPSA) is 67.2 Å². The molecule has 0 spiro atoms. The summed E-state index contributed by atoms with van der Waals surface area (Å²) in [6.07, 6.45) is 0.610. The molecule has 12 heavy (non-hydrogen) atoms. The first-order valence-corrected chi connectivity index (χ1v) is 3.58. The number of nitrogens with zero attached hydrogens (tertiary/aromatic N) is 2. The van der Waals surface area contributed by atoms with Gasteiger partial charge in [0.05, 0.1) is 11.7 Å². The van der Waals surface area contributed by atoms with E-state index in [0.29, 0.717) is 0 Å². The molecule has 0 aliphatic heterocycles. The molecule has 66 valence electrons. The normalized spacial score (nSPS) is 12.5. The molecular weight excluding hydrogens is 158 g/mol. The molecule has 1 rings (SSSR count). The van der Waals surface area contributed by atoms with Crippen LogP contribution < -0.4 is 5.32 Å². The second-order valence-electron chi connectivity index (χ2n) is 2.55. The average Bonchev–Trinajstić information content (AvgIpc) is 2.33. The van der Waals surface area contributed by atoms with Crippen molar-refractivity contribution in [3.63, 3.8) is 0 Å². The lowest BCUT2D eigenvalue weighted by molar-refractivity contribution is 0.190. The van der Waals surface area contributed by atoms with Crippen molar-refractivity contribution in [2.24, 2.45) is 7.05 Å². The van der Waals surface area contributed by atoms with Gasteiger partial charge in [0.15, 0.2) is 0 Å². The highest BCUT2D eigenvalue weighted by molar-refractivity contribution is 5.65. The summed E-state index contributed by atoms with van der Waals surface area (Å²) in [6, 6.07) is 1.55. The van der Waals surface area contributed by atoms with Crippen molar-refractivity contribution in [2.45, 2.75) is 13.0 Å². The lowest BCUT2D eigenvalue weighted by Crippen LogP contribution is -2.25. The number of hydrogen-bond donors (Lipinski definition) is 2. The number of aromatic nitrogens is 2. The van der Waals surface area contributed by atoms with Crippen molar-refractivity contribution < 1.29 is 9.90 Å². The number of aryl methyl sites for hydroxylation is 1. The Bertz CT molecular complexity index is 282. The summed E-state index contributed by atoms with van der Waals surface area (Å²) in [5.41, 5.74) is 0.845. The van der Waals surface area contributed by atoms with E-state index >= 15 is 0 Å². The van der Waals surface area contributed by atoms with Crippen molar-refractivity contribution >= 4 is 6.09 Å². The van der Waals surface area contributed by atoms with Gasteiger partial charge in [-0.3, -0.25) is 4.68 Å². The predicted molar refractivity (Wildman–Crippen MR) is 42.8 cm³/mol. The summed E-state index contributed by atoms with van der Waals surface area (Å²) in [4.78, 5) is 10.3. The maximum atomic E-state index is 10.3. The Morgan fingerprint density at radius 2 is 2.50 bits per heavy atom. The van der Waals surface area contributed by atoms with Crippen LogP contribution in [0.25, 0.3) is 0 Å². The summed E-state index contributed by atoms with van der Waals surface area (Å²) in [5.74, 6) is 0. The molecule has 0 saturated heterocycles. The molecule has 1 aromatic rings. The minimum atomic E-state index is -1.02. The van der Waals surface area contributed by atoms with E-state index < -0.39 is 6.09 Å². The van der Waals surface area contributed by atoms with Gasteiger partial charge in [-0.2, -0.15) is 5.10 Å².